The number of carbonyl (C=O) groups excluding carboxylic acids is 2. The van der Waals surface area contributed by atoms with Gasteiger partial charge in [0.05, 0.1) is 6.10 Å². The van der Waals surface area contributed by atoms with Gasteiger partial charge >= 0.3 is 0 Å². The average Bonchev–Trinajstić information content (AvgIpc) is 3.36. The minimum atomic E-state index is -0.286. The molecule has 0 spiro atoms. The number of hydrogen-bond acceptors (Lipinski definition) is 5. The maximum Gasteiger partial charge on any atom is 0.262 e. The lowest BCUT2D eigenvalue weighted by molar-refractivity contribution is -0.118. The first-order valence-electron chi connectivity index (χ1n) is 10.6. The Bertz CT molecular complexity index is 1040. The van der Waals surface area contributed by atoms with Crippen molar-refractivity contribution in [3.05, 3.63) is 90.0 Å². The number of anilines is 1. The van der Waals surface area contributed by atoms with E-state index < -0.39 is 0 Å². The lowest BCUT2D eigenvalue weighted by atomic mass is 10.0. The zero-order valence-corrected chi connectivity index (χ0v) is 17.7. The van der Waals surface area contributed by atoms with Gasteiger partial charge in [0.2, 0.25) is 0 Å². The van der Waals surface area contributed by atoms with Crippen molar-refractivity contribution in [3.8, 4) is 11.5 Å². The fraction of sp³-hybridized carbons (Fsp3) is 0.231. The van der Waals surface area contributed by atoms with Gasteiger partial charge in [-0.15, -0.1) is 0 Å². The Hall–Kier alpha value is -3.64. The zero-order chi connectivity index (χ0) is 22.2. The second kappa shape index (κ2) is 10.6. The van der Waals surface area contributed by atoms with Crippen LogP contribution in [0.1, 0.15) is 28.8 Å². The summed E-state index contributed by atoms with van der Waals surface area (Å²) in [6.45, 7) is 1.15. The SMILES string of the molecule is O=C(COc1ccc(C(=O)c2ccccc2)cc1)Nc1cccc(OCC2CCCO2)c1. The average molecular weight is 431 g/mol. The Morgan fingerprint density at radius 3 is 2.41 bits per heavy atom. The van der Waals surface area contributed by atoms with Crippen LogP contribution in [-0.2, 0) is 9.53 Å². The molecule has 1 unspecified atom stereocenters. The molecule has 1 fully saturated rings. The maximum atomic E-state index is 12.5. The standard InChI is InChI=1S/C26H25NO5/c28-25(27-21-8-4-9-23(16-21)31-17-24-10-5-15-30-24)18-32-22-13-11-20(12-14-22)26(29)19-6-2-1-3-7-19/h1-4,6-9,11-14,16,24H,5,10,15,17-18H2,(H,27,28). The van der Waals surface area contributed by atoms with E-state index in [1.165, 1.54) is 0 Å². The van der Waals surface area contributed by atoms with E-state index in [2.05, 4.69) is 5.32 Å². The molecule has 164 valence electrons. The summed E-state index contributed by atoms with van der Waals surface area (Å²) in [5.41, 5.74) is 1.82. The minimum Gasteiger partial charge on any atom is -0.491 e. The van der Waals surface area contributed by atoms with Crippen molar-refractivity contribution < 1.29 is 23.8 Å². The van der Waals surface area contributed by atoms with Crippen LogP contribution < -0.4 is 14.8 Å². The van der Waals surface area contributed by atoms with E-state index >= 15 is 0 Å². The van der Waals surface area contributed by atoms with Crippen LogP contribution in [0.25, 0.3) is 0 Å². The fourth-order valence-corrected chi connectivity index (χ4v) is 3.43. The van der Waals surface area contributed by atoms with Crippen molar-refractivity contribution in [2.24, 2.45) is 0 Å². The van der Waals surface area contributed by atoms with Gasteiger partial charge < -0.3 is 19.5 Å². The molecule has 1 aliphatic heterocycles. The van der Waals surface area contributed by atoms with Crippen molar-refractivity contribution in [1.29, 1.82) is 0 Å². The molecule has 0 bridgehead atoms. The first-order valence-corrected chi connectivity index (χ1v) is 10.6. The summed E-state index contributed by atoms with van der Waals surface area (Å²) in [7, 11) is 0. The van der Waals surface area contributed by atoms with Gasteiger partial charge in [-0.1, -0.05) is 36.4 Å². The Kier molecular flexibility index (Phi) is 7.15. The molecule has 6 nitrogen and oxygen atoms in total. The highest BCUT2D eigenvalue weighted by molar-refractivity contribution is 6.09. The Morgan fingerprint density at radius 2 is 1.66 bits per heavy atom. The molecule has 1 heterocycles. The molecule has 0 aromatic heterocycles. The minimum absolute atomic E-state index is 0.0588. The number of carbonyl (C=O) groups is 2. The molecule has 3 aromatic carbocycles. The summed E-state index contributed by atoms with van der Waals surface area (Å²) < 4.78 is 16.9. The summed E-state index contributed by atoms with van der Waals surface area (Å²) in [5.74, 6) is 0.846. The predicted octanol–water partition coefficient (Wildman–Crippen LogP) is 4.49. The topological polar surface area (TPSA) is 73.9 Å². The van der Waals surface area contributed by atoms with Crippen LogP contribution in [0.2, 0.25) is 0 Å². The third kappa shape index (κ3) is 5.95. The number of amides is 1. The van der Waals surface area contributed by atoms with Gasteiger partial charge in [0, 0.05) is 29.5 Å². The Balaban J connectivity index is 1.26. The maximum absolute atomic E-state index is 12.5. The second-order valence-electron chi connectivity index (χ2n) is 7.53. The van der Waals surface area contributed by atoms with Crippen molar-refractivity contribution in [3.63, 3.8) is 0 Å². The number of rotatable bonds is 9. The van der Waals surface area contributed by atoms with Crippen molar-refractivity contribution in [1.82, 2.24) is 0 Å². The van der Waals surface area contributed by atoms with Crippen LogP contribution in [-0.4, -0.2) is 37.6 Å². The molecule has 0 aliphatic carbocycles. The molecular formula is C26H25NO5. The molecule has 1 aliphatic rings. The summed E-state index contributed by atoms with van der Waals surface area (Å²) in [4.78, 5) is 24.7. The number of nitrogens with one attached hydrogen (secondary N) is 1. The summed E-state index contributed by atoms with van der Waals surface area (Å²) in [6.07, 6.45) is 2.21. The molecule has 0 radical (unpaired) electrons. The van der Waals surface area contributed by atoms with E-state index in [0.29, 0.717) is 34.9 Å². The highest BCUT2D eigenvalue weighted by Crippen LogP contribution is 2.20. The van der Waals surface area contributed by atoms with Gasteiger partial charge in [0.1, 0.15) is 18.1 Å². The van der Waals surface area contributed by atoms with Crippen molar-refractivity contribution >= 4 is 17.4 Å². The quantitative estimate of drug-likeness (QED) is 0.505. The van der Waals surface area contributed by atoms with Crippen LogP contribution in [0.4, 0.5) is 5.69 Å². The zero-order valence-electron chi connectivity index (χ0n) is 17.7. The molecule has 1 saturated heterocycles. The molecule has 4 rings (SSSR count). The van der Waals surface area contributed by atoms with E-state index in [4.69, 9.17) is 14.2 Å². The van der Waals surface area contributed by atoms with Gasteiger partial charge in [-0.2, -0.15) is 0 Å². The van der Waals surface area contributed by atoms with Crippen LogP contribution in [0.5, 0.6) is 11.5 Å². The number of benzene rings is 3. The molecule has 0 saturated carbocycles. The molecule has 1 amide bonds. The highest BCUT2D eigenvalue weighted by Gasteiger charge is 2.16. The Morgan fingerprint density at radius 1 is 0.875 bits per heavy atom. The predicted molar refractivity (Wildman–Crippen MR) is 121 cm³/mol. The fourth-order valence-electron chi connectivity index (χ4n) is 3.43. The molecule has 1 N–H and O–H groups in total. The van der Waals surface area contributed by atoms with Gasteiger partial charge in [-0.25, -0.2) is 0 Å². The first-order chi connectivity index (χ1) is 15.7. The lowest BCUT2D eigenvalue weighted by Gasteiger charge is -2.13. The molecule has 3 aromatic rings. The first kappa shape index (κ1) is 21.6. The third-order valence-corrected chi connectivity index (χ3v) is 5.10. The van der Waals surface area contributed by atoms with Crippen LogP contribution in [0.3, 0.4) is 0 Å². The largest absolute Gasteiger partial charge is 0.491 e. The highest BCUT2D eigenvalue weighted by atomic mass is 16.5. The number of hydrogen-bond donors (Lipinski definition) is 1. The van der Waals surface area contributed by atoms with Crippen molar-refractivity contribution in [2.45, 2.75) is 18.9 Å². The number of ketones is 1. The second-order valence-corrected chi connectivity index (χ2v) is 7.53. The number of ether oxygens (including phenoxy) is 3. The normalized spacial score (nSPS) is 15.2. The van der Waals surface area contributed by atoms with Crippen LogP contribution >= 0.6 is 0 Å². The van der Waals surface area contributed by atoms with E-state index in [1.807, 2.05) is 30.3 Å². The van der Waals surface area contributed by atoms with Gasteiger partial charge in [0.25, 0.3) is 5.91 Å². The van der Waals surface area contributed by atoms with E-state index in [1.54, 1.807) is 48.5 Å². The molecule has 1 atom stereocenters. The van der Waals surface area contributed by atoms with E-state index in [9.17, 15) is 9.59 Å². The summed E-state index contributed by atoms with van der Waals surface area (Å²) in [6, 6.07) is 23.1. The molecule has 6 heteroatoms. The van der Waals surface area contributed by atoms with E-state index in [-0.39, 0.29) is 24.4 Å². The van der Waals surface area contributed by atoms with Crippen LogP contribution in [0.15, 0.2) is 78.9 Å². The monoisotopic (exact) mass is 431 g/mol. The lowest BCUT2D eigenvalue weighted by Crippen LogP contribution is -2.20. The van der Waals surface area contributed by atoms with Crippen LogP contribution in [0, 0.1) is 0 Å². The van der Waals surface area contributed by atoms with Crippen molar-refractivity contribution in [2.75, 3.05) is 25.1 Å². The third-order valence-electron chi connectivity index (χ3n) is 5.10. The smallest absolute Gasteiger partial charge is 0.262 e. The Labute approximate surface area is 187 Å². The molecular weight excluding hydrogens is 406 g/mol. The molecule has 32 heavy (non-hydrogen) atoms. The van der Waals surface area contributed by atoms with E-state index in [0.717, 1.165) is 19.4 Å². The van der Waals surface area contributed by atoms with Gasteiger partial charge in [-0.05, 0) is 49.2 Å². The summed E-state index contributed by atoms with van der Waals surface area (Å²) in [5, 5.41) is 2.80. The van der Waals surface area contributed by atoms with Gasteiger partial charge in [0.15, 0.2) is 12.4 Å². The summed E-state index contributed by atoms with van der Waals surface area (Å²) >= 11 is 0. The van der Waals surface area contributed by atoms with Gasteiger partial charge in [-0.3, -0.25) is 9.59 Å².